The number of piperazine rings is 1. The highest BCUT2D eigenvalue weighted by molar-refractivity contribution is 7.13. The number of carbonyl (C=O) groups excluding carboxylic acids is 3. The topological polar surface area (TPSA) is 219 Å². The maximum absolute atomic E-state index is 14.3. The van der Waals surface area contributed by atoms with E-state index in [2.05, 4.69) is 40.5 Å². The predicted molar refractivity (Wildman–Crippen MR) is 252 cm³/mol. The number of phenolic OH excluding ortho intramolecular Hbond substituents is 1. The van der Waals surface area contributed by atoms with Crippen molar-refractivity contribution in [2.75, 3.05) is 48.3 Å². The summed E-state index contributed by atoms with van der Waals surface area (Å²) in [6.07, 6.45) is 5.64. The molecular formula is C48H58N12O5S. The van der Waals surface area contributed by atoms with Gasteiger partial charge < -0.3 is 41.3 Å². The van der Waals surface area contributed by atoms with E-state index in [-0.39, 0.29) is 61.0 Å². The first kappa shape index (κ1) is 44.9. The van der Waals surface area contributed by atoms with E-state index in [0.29, 0.717) is 49.1 Å². The molecule has 2 aromatic carbocycles. The van der Waals surface area contributed by atoms with Crippen LogP contribution in [-0.2, 0) is 27.5 Å². The predicted octanol–water partition coefficient (Wildman–Crippen LogP) is 4.14. The Morgan fingerprint density at radius 2 is 1.64 bits per heavy atom. The fourth-order valence-corrected chi connectivity index (χ4v) is 10.8. The summed E-state index contributed by atoms with van der Waals surface area (Å²) < 4.78 is 0. The average molecular weight is 915 g/mol. The lowest BCUT2D eigenvalue weighted by molar-refractivity contribution is -0.144. The number of aryl methyl sites for hydroxylation is 1. The number of nitrogens with zero attached hydrogens (tertiary/aromatic N) is 9. The molecule has 3 amide bonds. The maximum Gasteiger partial charge on any atom is 0.246 e. The van der Waals surface area contributed by atoms with E-state index in [1.807, 2.05) is 88.1 Å². The zero-order chi connectivity index (χ0) is 46.3. The monoisotopic (exact) mass is 914 g/mol. The van der Waals surface area contributed by atoms with Crippen molar-refractivity contribution in [2.45, 2.75) is 96.7 Å². The first-order chi connectivity index (χ1) is 31.7. The number of rotatable bonds is 12. The largest absolute Gasteiger partial charge is 0.507 e. The molecule has 17 nitrogen and oxygen atoms in total. The molecule has 4 saturated heterocycles. The average Bonchev–Trinajstić information content (AvgIpc) is 4.11. The van der Waals surface area contributed by atoms with Crippen LogP contribution in [0.1, 0.15) is 63.3 Å². The molecule has 3 unspecified atom stereocenters. The lowest BCUT2D eigenvalue weighted by atomic mass is 9.85. The molecule has 18 heteroatoms. The highest BCUT2D eigenvalue weighted by Gasteiger charge is 2.46. The van der Waals surface area contributed by atoms with Gasteiger partial charge in [0.25, 0.3) is 0 Å². The molecule has 346 valence electrons. The van der Waals surface area contributed by atoms with Crippen molar-refractivity contribution < 1.29 is 24.6 Å². The van der Waals surface area contributed by atoms with Gasteiger partial charge in [-0.05, 0) is 67.5 Å². The van der Waals surface area contributed by atoms with Crippen LogP contribution < -0.4 is 26.2 Å². The number of β-amino-alcohol motifs (C(OH)–C–C–N with tert-alkyl or cyclic N) is 1. The maximum atomic E-state index is 14.3. The highest BCUT2D eigenvalue weighted by atomic mass is 32.1. The number of nitrogens with two attached hydrogens (primary N) is 1. The number of aliphatic hydroxyl groups is 1. The van der Waals surface area contributed by atoms with Gasteiger partial charge in [0.15, 0.2) is 5.82 Å². The Balaban J connectivity index is 0.779. The second-order valence-electron chi connectivity index (χ2n) is 19.2. The number of thiazole rings is 1. The number of phenols is 1. The Morgan fingerprint density at radius 1 is 0.909 bits per heavy atom. The third-order valence-electron chi connectivity index (χ3n) is 13.5. The van der Waals surface area contributed by atoms with Crippen molar-refractivity contribution in [3.63, 3.8) is 0 Å². The van der Waals surface area contributed by atoms with Gasteiger partial charge in [-0.3, -0.25) is 19.3 Å². The van der Waals surface area contributed by atoms with Crippen LogP contribution >= 0.6 is 11.3 Å². The summed E-state index contributed by atoms with van der Waals surface area (Å²) >= 11 is 1.58. The molecule has 0 aliphatic carbocycles. The van der Waals surface area contributed by atoms with Gasteiger partial charge in [0, 0.05) is 81.3 Å². The third-order valence-corrected chi connectivity index (χ3v) is 14.4. The molecule has 4 aliphatic heterocycles. The number of carbonyl (C=O) groups is 3. The second-order valence-corrected chi connectivity index (χ2v) is 20.1. The Morgan fingerprint density at radius 3 is 2.32 bits per heavy atom. The van der Waals surface area contributed by atoms with Crippen molar-refractivity contribution in [3.8, 4) is 27.4 Å². The molecule has 2 bridgehead atoms. The number of para-hydroxylation sites is 1. The van der Waals surface area contributed by atoms with Gasteiger partial charge >= 0.3 is 0 Å². The molecule has 66 heavy (non-hydrogen) atoms. The van der Waals surface area contributed by atoms with E-state index in [9.17, 15) is 24.6 Å². The van der Waals surface area contributed by atoms with Crippen molar-refractivity contribution in [1.29, 1.82) is 0 Å². The number of anilines is 3. The summed E-state index contributed by atoms with van der Waals surface area (Å²) in [6.45, 7) is 11.2. The van der Waals surface area contributed by atoms with Gasteiger partial charge in [-0.1, -0.05) is 57.2 Å². The normalized spacial score (nSPS) is 22.4. The van der Waals surface area contributed by atoms with Gasteiger partial charge in [-0.15, -0.1) is 21.5 Å². The van der Waals surface area contributed by atoms with Crippen molar-refractivity contribution in [2.24, 2.45) is 11.3 Å². The van der Waals surface area contributed by atoms with E-state index < -0.39 is 23.6 Å². The number of likely N-dealkylation sites (tertiary alicyclic amines) is 2. The zero-order valence-electron chi connectivity index (χ0n) is 37.8. The van der Waals surface area contributed by atoms with E-state index in [1.165, 1.54) is 4.90 Å². The summed E-state index contributed by atoms with van der Waals surface area (Å²) in [5.74, 6) is -0.0808. The lowest BCUT2D eigenvalue weighted by Gasteiger charge is -2.42. The fraction of sp³-hybridized carbons (Fsp3) is 0.458. The second kappa shape index (κ2) is 18.6. The smallest absolute Gasteiger partial charge is 0.246 e. The quantitative estimate of drug-likeness (QED) is 0.119. The Hall–Kier alpha value is -6.24. The molecule has 9 rings (SSSR count). The number of hydrogen-bond acceptors (Lipinski definition) is 15. The van der Waals surface area contributed by atoms with E-state index in [4.69, 9.17) is 15.7 Å². The Bertz CT molecular complexity index is 2550. The van der Waals surface area contributed by atoms with Gasteiger partial charge in [-0.2, -0.15) is 0 Å². The number of aliphatic hydroxyl groups excluding tert-OH is 1. The molecule has 0 saturated carbocycles. The van der Waals surface area contributed by atoms with Crippen molar-refractivity contribution in [3.05, 3.63) is 89.3 Å². The summed E-state index contributed by atoms with van der Waals surface area (Å²) in [4.78, 5) is 65.1. The number of amides is 3. The molecular weight excluding hydrogens is 857 g/mol. The van der Waals surface area contributed by atoms with Crippen LogP contribution in [0.4, 0.5) is 17.5 Å². The molecule has 0 radical (unpaired) electrons. The third kappa shape index (κ3) is 9.39. The number of aromatic nitrogens is 5. The summed E-state index contributed by atoms with van der Waals surface area (Å²) in [5.41, 5.74) is 13.4. The number of aromatic hydroxyl groups is 1. The van der Waals surface area contributed by atoms with E-state index >= 15 is 0 Å². The molecule has 3 aromatic heterocycles. The molecule has 4 fully saturated rings. The molecule has 0 spiro atoms. The number of nitrogens with one attached hydrogen (secondary N) is 2. The highest BCUT2D eigenvalue weighted by Crippen LogP contribution is 2.38. The summed E-state index contributed by atoms with van der Waals surface area (Å²) in [5, 5.41) is 35.7. The van der Waals surface area contributed by atoms with Gasteiger partial charge in [-0.25, -0.2) is 15.0 Å². The van der Waals surface area contributed by atoms with Crippen LogP contribution in [0.5, 0.6) is 5.75 Å². The number of hydrogen-bond donors (Lipinski definition) is 5. The minimum Gasteiger partial charge on any atom is -0.507 e. The summed E-state index contributed by atoms with van der Waals surface area (Å²) in [7, 11) is 0. The van der Waals surface area contributed by atoms with Crippen LogP contribution in [-0.4, -0.2) is 126 Å². The Labute approximate surface area is 388 Å². The number of fused-ring (bicyclic) bond motifs is 2. The first-order valence-corrected chi connectivity index (χ1v) is 23.6. The fourth-order valence-electron chi connectivity index (χ4n) is 9.94. The molecule has 6 N–H and O–H groups in total. The van der Waals surface area contributed by atoms with E-state index in [0.717, 1.165) is 58.9 Å². The zero-order valence-corrected chi connectivity index (χ0v) is 38.6. The standard InChI is InChI=1S/C48H58N12O5S/c1-28-41(66-27-53-28)31-11-9-29(10-12-31)19-50-45(64)39-17-35(61)26-59(39)46(65)42(48(2,3)4)54-44(63)32-15-16-57(23-32)22-30-20-51-47(52-21-30)60-33-13-14-34(60)25-58(24-33)38-18-37(55-56-43(38)49)36-7-5-6-8-40(36)62/h5-12,18,20-21,27,32-35,39,42,61-62H,13-17,19,22-26H2,1-4H3,(H2,49,56)(H,50,64)(H,54,63)/t32-,33?,34?,35-,39+,42?/m1/s1. The Kier molecular flexibility index (Phi) is 12.6. The first-order valence-electron chi connectivity index (χ1n) is 22.7. The van der Waals surface area contributed by atoms with Gasteiger partial charge in [0.2, 0.25) is 23.7 Å². The molecule has 4 aliphatic rings. The summed E-state index contributed by atoms with van der Waals surface area (Å²) in [6, 6.07) is 15.5. The SMILES string of the molecule is Cc1ncsc1-c1ccc(CNC(=O)[C@@H]2C[C@@H](O)CN2C(=O)C(NC(=O)[C@@H]2CCN(Cc3cnc(N4C5CCC4CN(c4cc(-c6ccccc6O)nnc4N)C5)nc3)C2)C(C)(C)C)cc1. The van der Waals surface area contributed by atoms with Crippen LogP contribution in [0.15, 0.2) is 72.5 Å². The van der Waals surface area contributed by atoms with Crippen LogP contribution in [0.25, 0.3) is 21.7 Å². The molecule has 6 atom stereocenters. The van der Waals surface area contributed by atoms with Crippen LogP contribution in [0.2, 0.25) is 0 Å². The van der Waals surface area contributed by atoms with Gasteiger partial charge in [0.1, 0.15) is 17.8 Å². The van der Waals surface area contributed by atoms with Crippen LogP contribution in [0.3, 0.4) is 0 Å². The minimum absolute atomic E-state index is 0.0129. The lowest BCUT2D eigenvalue weighted by Crippen LogP contribution is -2.58. The number of nitrogen functional groups attached to an aromatic ring is 1. The van der Waals surface area contributed by atoms with Crippen LogP contribution in [0, 0.1) is 18.3 Å². The minimum atomic E-state index is -0.902. The van der Waals surface area contributed by atoms with Gasteiger partial charge in [0.05, 0.1) is 39.5 Å². The number of benzene rings is 2. The molecule has 5 aromatic rings. The van der Waals surface area contributed by atoms with Crippen molar-refractivity contribution in [1.82, 2.24) is 45.6 Å². The molecule has 7 heterocycles. The van der Waals surface area contributed by atoms with E-state index in [1.54, 1.807) is 23.5 Å². The van der Waals surface area contributed by atoms with Crippen molar-refractivity contribution >= 4 is 46.5 Å².